The zero-order chi connectivity index (χ0) is 17.0. The molecule has 2 rings (SSSR count). The van der Waals surface area contributed by atoms with Gasteiger partial charge in [0.05, 0.1) is 17.6 Å². The monoisotopic (exact) mass is 318 g/mol. The molecule has 0 bridgehead atoms. The molecule has 23 heavy (non-hydrogen) atoms. The second kappa shape index (κ2) is 6.65. The van der Waals surface area contributed by atoms with E-state index in [0.29, 0.717) is 0 Å². The van der Waals surface area contributed by atoms with Crippen LogP contribution in [0.3, 0.4) is 0 Å². The molecular formula is C15H11FN2O5. The minimum Gasteiger partial charge on any atom is -0.465 e. The third-order valence-electron chi connectivity index (χ3n) is 2.97. The Kier molecular flexibility index (Phi) is 4.65. The molecule has 8 heteroatoms. The molecule has 0 saturated carbocycles. The van der Waals surface area contributed by atoms with E-state index in [4.69, 9.17) is 0 Å². The molecule has 1 N–H and O–H groups in total. The van der Waals surface area contributed by atoms with Crippen molar-refractivity contribution in [3.05, 3.63) is 69.5 Å². The Balaban J connectivity index is 2.17. The number of nitro benzene ring substituents is 1. The smallest absolute Gasteiger partial charge is 0.337 e. The number of carbonyl (C=O) groups is 2. The van der Waals surface area contributed by atoms with E-state index < -0.39 is 28.3 Å². The number of methoxy groups -OCH3 is 1. The Morgan fingerprint density at radius 3 is 2.30 bits per heavy atom. The van der Waals surface area contributed by atoms with Crippen LogP contribution in [0.15, 0.2) is 42.5 Å². The highest BCUT2D eigenvalue weighted by molar-refractivity contribution is 6.05. The molecule has 7 nitrogen and oxygen atoms in total. The lowest BCUT2D eigenvalue weighted by molar-refractivity contribution is -0.387. The van der Waals surface area contributed by atoms with E-state index in [1.807, 2.05) is 0 Å². The van der Waals surface area contributed by atoms with E-state index in [-0.39, 0.29) is 16.8 Å². The minimum absolute atomic E-state index is 0.0835. The zero-order valence-electron chi connectivity index (χ0n) is 11.9. The van der Waals surface area contributed by atoms with Gasteiger partial charge in [0.15, 0.2) is 0 Å². The topological polar surface area (TPSA) is 98.5 Å². The van der Waals surface area contributed by atoms with Crippen LogP contribution in [0.2, 0.25) is 0 Å². The van der Waals surface area contributed by atoms with Gasteiger partial charge in [0, 0.05) is 17.3 Å². The van der Waals surface area contributed by atoms with Gasteiger partial charge < -0.3 is 10.1 Å². The third kappa shape index (κ3) is 3.67. The van der Waals surface area contributed by atoms with Gasteiger partial charge in [-0.25, -0.2) is 4.79 Å². The van der Waals surface area contributed by atoms with E-state index in [1.54, 1.807) is 0 Å². The fourth-order valence-electron chi connectivity index (χ4n) is 1.81. The fourth-order valence-corrected chi connectivity index (χ4v) is 1.81. The third-order valence-corrected chi connectivity index (χ3v) is 2.97. The average Bonchev–Trinajstić information content (AvgIpc) is 2.55. The molecule has 2 aromatic rings. The number of hydrogen-bond acceptors (Lipinski definition) is 5. The number of nitrogens with one attached hydrogen (secondary N) is 1. The fraction of sp³-hybridized carbons (Fsp3) is 0.0667. The Morgan fingerprint density at radius 2 is 1.74 bits per heavy atom. The number of nitro groups is 1. The van der Waals surface area contributed by atoms with Crippen molar-refractivity contribution in [1.29, 1.82) is 0 Å². The molecule has 0 heterocycles. The molecule has 118 valence electrons. The van der Waals surface area contributed by atoms with Crippen LogP contribution in [0.4, 0.5) is 15.8 Å². The summed E-state index contributed by atoms with van der Waals surface area (Å²) in [6.45, 7) is 0. The van der Waals surface area contributed by atoms with Gasteiger partial charge in [-0.3, -0.25) is 14.9 Å². The van der Waals surface area contributed by atoms with Crippen molar-refractivity contribution in [2.75, 3.05) is 12.4 Å². The maximum absolute atomic E-state index is 13.2. The highest BCUT2D eigenvalue weighted by Crippen LogP contribution is 2.22. The van der Waals surface area contributed by atoms with Gasteiger partial charge in [-0.1, -0.05) is 0 Å². The van der Waals surface area contributed by atoms with Crippen LogP contribution in [0.1, 0.15) is 20.7 Å². The Bertz CT molecular complexity index is 774. The number of anilines is 1. The van der Waals surface area contributed by atoms with Crippen molar-refractivity contribution in [2.24, 2.45) is 0 Å². The first kappa shape index (κ1) is 16.1. The number of halogens is 1. The normalized spacial score (nSPS) is 10.0. The second-order valence-corrected chi connectivity index (χ2v) is 4.45. The van der Waals surface area contributed by atoms with Crippen LogP contribution in [0.5, 0.6) is 0 Å². The number of amides is 1. The summed E-state index contributed by atoms with van der Waals surface area (Å²) in [5.74, 6) is -2.08. The van der Waals surface area contributed by atoms with Gasteiger partial charge >= 0.3 is 11.7 Å². The molecule has 0 radical (unpaired) electrons. The number of rotatable bonds is 4. The van der Waals surface area contributed by atoms with Crippen LogP contribution in [-0.4, -0.2) is 23.9 Å². The first-order valence-corrected chi connectivity index (χ1v) is 6.36. The summed E-state index contributed by atoms with van der Waals surface area (Å²) in [6, 6.07) is 8.66. The maximum atomic E-state index is 13.2. The molecule has 0 unspecified atom stereocenters. The van der Waals surface area contributed by atoms with Crippen molar-refractivity contribution in [3.8, 4) is 0 Å². The van der Waals surface area contributed by atoms with Gasteiger partial charge in [-0.15, -0.1) is 0 Å². The van der Waals surface area contributed by atoms with Crippen LogP contribution in [-0.2, 0) is 4.74 Å². The van der Waals surface area contributed by atoms with Gasteiger partial charge in [0.25, 0.3) is 5.91 Å². The molecule has 0 saturated heterocycles. The molecule has 0 atom stereocenters. The van der Waals surface area contributed by atoms with Crippen molar-refractivity contribution < 1.29 is 23.6 Å². The highest BCUT2D eigenvalue weighted by atomic mass is 19.1. The summed E-state index contributed by atoms with van der Waals surface area (Å²) >= 11 is 0. The van der Waals surface area contributed by atoms with Crippen LogP contribution < -0.4 is 5.32 Å². The summed E-state index contributed by atoms with van der Waals surface area (Å²) in [4.78, 5) is 33.1. The number of esters is 1. The molecule has 0 aliphatic heterocycles. The van der Waals surface area contributed by atoms with E-state index in [9.17, 15) is 24.1 Å². The van der Waals surface area contributed by atoms with Gasteiger partial charge in [-0.05, 0) is 36.4 Å². The summed E-state index contributed by atoms with van der Waals surface area (Å²) in [5.41, 5.74) is -0.143. The highest BCUT2D eigenvalue weighted by Gasteiger charge is 2.16. The van der Waals surface area contributed by atoms with Crippen molar-refractivity contribution in [1.82, 2.24) is 0 Å². The van der Waals surface area contributed by atoms with Crippen LogP contribution in [0, 0.1) is 15.9 Å². The predicted molar refractivity (Wildman–Crippen MR) is 78.8 cm³/mol. The standard InChI is InChI=1S/C15H11FN2O5/c1-23-15(20)10-4-2-9(3-5-10)14(19)17-11-6-7-12(16)13(8-11)18(21)22/h2-8H,1H3,(H,17,19). The summed E-state index contributed by atoms with van der Waals surface area (Å²) in [6.07, 6.45) is 0. The maximum Gasteiger partial charge on any atom is 0.337 e. The van der Waals surface area contributed by atoms with E-state index >= 15 is 0 Å². The molecule has 0 aromatic heterocycles. The summed E-state index contributed by atoms with van der Waals surface area (Å²) in [5, 5.41) is 13.1. The largest absolute Gasteiger partial charge is 0.465 e. The first-order chi connectivity index (χ1) is 10.9. The Morgan fingerprint density at radius 1 is 1.13 bits per heavy atom. The number of carbonyl (C=O) groups excluding carboxylic acids is 2. The molecule has 2 aromatic carbocycles. The average molecular weight is 318 g/mol. The quantitative estimate of drug-likeness (QED) is 0.531. The molecule has 0 aliphatic carbocycles. The van der Waals surface area contributed by atoms with E-state index in [0.717, 1.165) is 12.1 Å². The number of hydrogen-bond donors (Lipinski definition) is 1. The lowest BCUT2D eigenvalue weighted by atomic mass is 10.1. The second-order valence-electron chi connectivity index (χ2n) is 4.45. The van der Waals surface area contributed by atoms with E-state index in [2.05, 4.69) is 10.1 Å². The number of ether oxygens (including phenoxy) is 1. The van der Waals surface area contributed by atoms with Crippen LogP contribution >= 0.6 is 0 Å². The Labute approximate surface area is 129 Å². The van der Waals surface area contributed by atoms with Crippen molar-refractivity contribution >= 4 is 23.3 Å². The number of benzene rings is 2. The van der Waals surface area contributed by atoms with Gasteiger partial charge in [0.1, 0.15) is 0 Å². The van der Waals surface area contributed by atoms with Crippen molar-refractivity contribution in [2.45, 2.75) is 0 Å². The molecule has 1 amide bonds. The summed E-state index contributed by atoms with van der Waals surface area (Å²) < 4.78 is 17.8. The Hall–Kier alpha value is -3.29. The molecule has 0 fully saturated rings. The van der Waals surface area contributed by atoms with E-state index in [1.165, 1.54) is 37.4 Å². The molecule has 0 spiro atoms. The zero-order valence-corrected chi connectivity index (χ0v) is 11.9. The SMILES string of the molecule is COC(=O)c1ccc(C(=O)Nc2ccc(F)c([N+](=O)[O-])c2)cc1. The molecular weight excluding hydrogens is 307 g/mol. The lowest BCUT2D eigenvalue weighted by Crippen LogP contribution is -2.12. The van der Waals surface area contributed by atoms with Crippen molar-refractivity contribution in [3.63, 3.8) is 0 Å². The van der Waals surface area contributed by atoms with Gasteiger partial charge in [0.2, 0.25) is 5.82 Å². The number of nitrogens with zero attached hydrogens (tertiary/aromatic N) is 1. The molecule has 0 aliphatic rings. The lowest BCUT2D eigenvalue weighted by Gasteiger charge is -2.06. The first-order valence-electron chi connectivity index (χ1n) is 6.36. The predicted octanol–water partition coefficient (Wildman–Crippen LogP) is 2.77. The summed E-state index contributed by atoms with van der Waals surface area (Å²) in [7, 11) is 1.24. The van der Waals surface area contributed by atoms with Crippen LogP contribution in [0.25, 0.3) is 0 Å². The van der Waals surface area contributed by atoms with Gasteiger partial charge in [-0.2, -0.15) is 4.39 Å². The minimum atomic E-state index is -0.990.